The number of hydrogen-bond donors (Lipinski definition) is 2. The molecule has 0 aliphatic rings. The summed E-state index contributed by atoms with van der Waals surface area (Å²) in [6, 6.07) is 7.98. The summed E-state index contributed by atoms with van der Waals surface area (Å²) in [6.07, 6.45) is 1.09. The van der Waals surface area contributed by atoms with E-state index in [0.717, 1.165) is 24.3 Å². The normalized spacial score (nSPS) is 12.7. The van der Waals surface area contributed by atoms with Crippen molar-refractivity contribution in [1.82, 2.24) is 5.32 Å². The second-order valence-electron chi connectivity index (χ2n) is 5.53. The van der Waals surface area contributed by atoms with Gasteiger partial charge in [0.1, 0.15) is 11.9 Å². The van der Waals surface area contributed by atoms with Gasteiger partial charge in [0.2, 0.25) is 0 Å². The number of nitrogens with two attached hydrogens (primary N) is 1. The summed E-state index contributed by atoms with van der Waals surface area (Å²) in [5.41, 5.74) is 6.95. The zero-order valence-corrected chi connectivity index (χ0v) is 15.8. The fourth-order valence-electron chi connectivity index (χ4n) is 1.71. The van der Waals surface area contributed by atoms with Crippen molar-refractivity contribution >= 4 is 29.9 Å². The van der Waals surface area contributed by atoms with Crippen molar-refractivity contribution < 1.29 is 4.74 Å². The van der Waals surface area contributed by atoms with E-state index in [1.165, 1.54) is 0 Å². The van der Waals surface area contributed by atoms with Crippen molar-refractivity contribution in [2.45, 2.75) is 40.2 Å². The lowest BCUT2D eigenvalue weighted by atomic mass is 10.1. The molecular formula is C16H28IN3O. The van der Waals surface area contributed by atoms with Crippen molar-refractivity contribution in [1.29, 1.82) is 0 Å². The Morgan fingerprint density at radius 3 is 2.57 bits per heavy atom. The van der Waals surface area contributed by atoms with Gasteiger partial charge in [-0.05, 0) is 37.8 Å². The maximum atomic E-state index is 5.85. The predicted molar refractivity (Wildman–Crippen MR) is 101 cm³/mol. The van der Waals surface area contributed by atoms with Gasteiger partial charge in [-0.3, -0.25) is 0 Å². The molecule has 0 saturated heterocycles. The molecule has 0 bridgehead atoms. The average Bonchev–Trinajstić information content (AvgIpc) is 2.39. The third kappa shape index (κ3) is 8.80. The van der Waals surface area contributed by atoms with Gasteiger partial charge in [-0.2, -0.15) is 0 Å². The maximum Gasteiger partial charge on any atom is 0.188 e. The highest BCUT2D eigenvalue weighted by Gasteiger charge is 2.05. The fourth-order valence-corrected chi connectivity index (χ4v) is 1.71. The number of hydrogen-bond acceptors (Lipinski definition) is 2. The van der Waals surface area contributed by atoms with Gasteiger partial charge in [0.15, 0.2) is 5.96 Å². The second-order valence-corrected chi connectivity index (χ2v) is 5.53. The number of nitrogens with one attached hydrogen (secondary N) is 1. The second kappa shape index (κ2) is 10.7. The van der Waals surface area contributed by atoms with Gasteiger partial charge in [-0.1, -0.05) is 32.0 Å². The Hall–Kier alpha value is -0.980. The summed E-state index contributed by atoms with van der Waals surface area (Å²) in [6.45, 7) is 9.82. The van der Waals surface area contributed by atoms with E-state index in [2.05, 4.69) is 24.2 Å². The summed E-state index contributed by atoms with van der Waals surface area (Å²) in [5.74, 6) is 2.06. The van der Waals surface area contributed by atoms with Gasteiger partial charge in [-0.15, -0.1) is 24.0 Å². The lowest BCUT2D eigenvalue weighted by Crippen LogP contribution is -2.34. The third-order valence-corrected chi connectivity index (χ3v) is 2.97. The first-order valence-corrected chi connectivity index (χ1v) is 7.25. The van der Waals surface area contributed by atoms with Crippen molar-refractivity contribution in [2.24, 2.45) is 16.6 Å². The van der Waals surface area contributed by atoms with Gasteiger partial charge in [0.05, 0.1) is 6.54 Å². The monoisotopic (exact) mass is 405 g/mol. The molecule has 0 aromatic heterocycles. The van der Waals surface area contributed by atoms with Crippen molar-refractivity contribution in [3.05, 3.63) is 29.8 Å². The molecule has 1 aromatic carbocycles. The standard InChI is InChI=1S/C16H27N3O.HI/c1-12(2)9-10-18-16(17)19-11-14(4)20-15-8-6-5-7-13(15)3;/h5-8,12,14H,9-11H2,1-4H3,(H3,17,18,19);1H. The molecule has 0 aliphatic carbocycles. The minimum absolute atomic E-state index is 0. The average molecular weight is 405 g/mol. The molecule has 1 unspecified atom stereocenters. The van der Waals surface area contributed by atoms with Crippen LogP contribution in [-0.2, 0) is 0 Å². The van der Waals surface area contributed by atoms with Crippen molar-refractivity contribution in [3.63, 3.8) is 0 Å². The smallest absolute Gasteiger partial charge is 0.188 e. The molecule has 1 rings (SSSR count). The fraction of sp³-hybridized carbons (Fsp3) is 0.562. The van der Waals surface area contributed by atoms with E-state index in [-0.39, 0.29) is 30.1 Å². The number of benzene rings is 1. The summed E-state index contributed by atoms with van der Waals surface area (Å²) in [7, 11) is 0. The lowest BCUT2D eigenvalue weighted by molar-refractivity contribution is 0.229. The van der Waals surface area contributed by atoms with E-state index in [0.29, 0.717) is 18.4 Å². The van der Waals surface area contributed by atoms with Crippen LogP contribution in [0.5, 0.6) is 5.75 Å². The van der Waals surface area contributed by atoms with Gasteiger partial charge in [0.25, 0.3) is 0 Å². The lowest BCUT2D eigenvalue weighted by Gasteiger charge is -2.15. The third-order valence-electron chi connectivity index (χ3n) is 2.97. The topological polar surface area (TPSA) is 59.6 Å². The Bertz CT molecular complexity index is 435. The van der Waals surface area contributed by atoms with Crippen LogP contribution in [0.2, 0.25) is 0 Å². The van der Waals surface area contributed by atoms with Crippen LogP contribution in [0.1, 0.15) is 32.8 Å². The van der Waals surface area contributed by atoms with Crippen LogP contribution in [-0.4, -0.2) is 25.2 Å². The first kappa shape index (κ1) is 20.0. The SMILES string of the molecule is Cc1ccccc1OC(C)CN=C(N)NCCC(C)C.I. The molecule has 120 valence electrons. The zero-order chi connectivity index (χ0) is 15.0. The van der Waals surface area contributed by atoms with Crippen LogP contribution in [0.25, 0.3) is 0 Å². The highest BCUT2D eigenvalue weighted by atomic mass is 127. The predicted octanol–water partition coefficient (Wildman–Crippen LogP) is 3.33. The van der Waals surface area contributed by atoms with E-state index in [1.807, 2.05) is 38.1 Å². The molecule has 0 amide bonds. The molecule has 0 radical (unpaired) electrons. The Balaban J connectivity index is 0.00000400. The molecule has 1 aromatic rings. The highest BCUT2D eigenvalue weighted by molar-refractivity contribution is 14.0. The van der Waals surface area contributed by atoms with Crippen LogP contribution in [0.15, 0.2) is 29.3 Å². The molecule has 0 aliphatic heterocycles. The van der Waals surface area contributed by atoms with E-state index in [9.17, 15) is 0 Å². The first-order valence-electron chi connectivity index (χ1n) is 7.25. The maximum absolute atomic E-state index is 5.85. The number of guanidine groups is 1. The number of para-hydroxylation sites is 1. The van der Waals surface area contributed by atoms with Gasteiger partial charge < -0.3 is 15.8 Å². The van der Waals surface area contributed by atoms with Gasteiger partial charge >= 0.3 is 0 Å². The number of halogens is 1. The molecule has 4 nitrogen and oxygen atoms in total. The number of ether oxygens (including phenoxy) is 1. The van der Waals surface area contributed by atoms with E-state index in [1.54, 1.807) is 0 Å². The van der Waals surface area contributed by atoms with E-state index in [4.69, 9.17) is 10.5 Å². The number of rotatable bonds is 7. The van der Waals surface area contributed by atoms with Crippen LogP contribution in [0.4, 0.5) is 0 Å². The number of aliphatic imine (C=N–C) groups is 1. The molecule has 0 fully saturated rings. The van der Waals surface area contributed by atoms with Crippen LogP contribution in [0.3, 0.4) is 0 Å². The van der Waals surface area contributed by atoms with Crippen LogP contribution < -0.4 is 15.8 Å². The Labute approximate surface area is 145 Å². The molecule has 21 heavy (non-hydrogen) atoms. The number of nitrogens with zero attached hydrogens (tertiary/aromatic N) is 1. The molecule has 0 saturated carbocycles. The van der Waals surface area contributed by atoms with Crippen LogP contribution >= 0.6 is 24.0 Å². The Morgan fingerprint density at radius 1 is 1.29 bits per heavy atom. The molecule has 5 heteroatoms. The minimum Gasteiger partial charge on any atom is -0.489 e. The summed E-state index contributed by atoms with van der Waals surface area (Å²) in [5, 5.41) is 3.12. The number of aryl methyl sites for hydroxylation is 1. The minimum atomic E-state index is 0. The van der Waals surface area contributed by atoms with Gasteiger partial charge in [0, 0.05) is 6.54 Å². The summed E-state index contributed by atoms with van der Waals surface area (Å²) >= 11 is 0. The molecular weight excluding hydrogens is 377 g/mol. The first-order chi connectivity index (χ1) is 9.49. The zero-order valence-electron chi connectivity index (χ0n) is 13.4. The van der Waals surface area contributed by atoms with E-state index < -0.39 is 0 Å². The summed E-state index contributed by atoms with van der Waals surface area (Å²) < 4.78 is 5.85. The molecule has 1 atom stereocenters. The summed E-state index contributed by atoms with van der Waals surface area (Å²) in [4.78, 5) is 4.31. The highest BCUT2D eigenvalue weighted by Crippen LogP contribution is 2.17. The Kier molecular flexibility index (Phi) is 10.2. The van der Waals surface area contributed by atoms with E-state index >= 15 is 0 Å². The van der Waals surface area contributed by atoms with Crippen LogP contribution in [0, 0.1) is 12.8 Å². The quantitative estimate of drug-likeness (QED) is 0.416. The van der Waals surface area contributed by atoms with Crippen molar-refractivity contribution in [2.75, 3.05) is 13.1 Å². The molecule has 0 spiro atoms. The van der Waals surface area contributed by atoms with Crippen molar-refractivity contribution in [3.8, 4) is 5.75 Å². The van der Waals surface area contributed by atoms with Gasteiger partial charge in [-0.25, -0.2) is 4.99 Å². The molecule has 3 N–H and O–H groups in total. The Morgan fingerprint density at radius 2 is 1.95 bits per heavy atom. The largest absolute Gasteiger partial charge is 0.489 e. The molecule has 0 heterocycles.